The third-order valence-corrected chi connectivity index (χ3v) is 17.0. The highest BCUT2D eigenvalue weighted by atomic mass is 79.9. The number of aliphatic hydroxyl groups excluding tert-OH is 5. The van der Waals surface area contributed by atoms with Gasteiger partial charge in [0.05, 0.1) is 24.9 Å². The highest BCUT2D eigenvalue weighted by Crippen LogP contribution is 2.41. The number of hydrogen-bond donors (Lipinski definition) is 12. The number of benzene rings is 1. The van der Waals surface area contributed by atoms with Gasteiger partial charge in [0.1, 0.15) is 48.4 Å². The third kappa shape index (κ3) is 17.8. The zero-order valence-electron chi connectivity index (χ0n) is 44.7. The van der Waals surface area contributed by atoms with Crippen molar-refractivity contribution in [3.05, 3.63) is 33.8 Å². The Labute approximate surface area is 457 Å². The number of halogens is 1. The van der Waals surface area contributed by atoms with Crippen LogP contribution in [-0.2, 0) is 51.2 Å². The Balaban J connectivity index is 1.03. The molecule has 0 aromatic heterocycles. The van der Waals surface area contributed by atoms with Crippen LogP contribution in [0.3, 0.4) is 0 Å². The van der Waals surface area contributed by atoms with Gasteiger partial charge in [-0.3, -0.25) is 14.5 Å². The number of amides is 1. The number of ketones is 1. The molecule has 1 aromatic carbocycles. The Hall–Kier alpha value is -2.33. The van der Waals surface area contributed by atoms with Crippen LogP contribution in [0, 0.1) is 23.7 Å². The molecule has 432 valence electrons. The standard InChI is InChI=1S/C54H90BrN7O14/c1-3-35-27-38(40(64)7-4-14-60-29-34-10-11-37(39(55)25-34)30-62-23-6-17-57-21-20-56-15-5-16-58-22-24-62)28-41(49(35)76-54-48(68)47(67)45(65)32(2)72-54)74-53-44(61-51(69)36-12-18-59-19-13-36)50(46(66)43(31-63)75-53)73-42(52(70)71)26-33-8-9-33/h10-11,25,32-33,35-36,38,41-50,53-54,56-60,63,65-68H,3-9,12-24,26-31H2,1-2H3,(H,61,69)(H,70,71)/t32?,35?,38?,41?,42-,43?,44?,45?,46?,47?,48?,49?,50?,53?,54?/m0/s1. The van der Waals surface area contributed by atoms with Gasteiger partial charge in [0, 0.05) is 62.0 Å². The number of nitrogens with zero attached hydrogens (tertiary/aromatic N) is 1. The fraction of sp³-hybridized carbons (Fsp3) is 0.833. The van der Waals surface area contributed by atoms with Crippen molar-refractivity contribution in [2.24, 2.45) is 23.7 Å². The molecule has 0 spiro atoms. The average Bonchev–Trinajstić information content (AvgIpc) is 4.25. The normalized spacial score (nSPS) is 34.5. The third-order valence-electron chi connectivity index (χ3n) is 16.3. The maximum Gasteiger partial charge on any atom is 0.332 e. The molecule has 4 saturated heterocycles. The molecule has 4 aliphatic heterocycles. The molecule has 2 aliphatic carbocycles. The lowest BCUT2D eigenvalue weighted by Gasteiger charge is -2.49. The van der Waals surface area contributed by atoms with E-state index in [4.69, 9.17) is 23.7 Å². The predicted molar refractivity (Wildman–Crippen MR) is 285 cm³/mol. The van der Waals surface area contributed by atoms with E-state index in [-0.39, 0.29) is 42.8 Å². The molecule has 2 saturated carbocycles. The van der Waals surface area contributed by atoms with Gasteiger partial charge in [-0.2, -0.15) is 0 Å². The van der Waals surface area contributed by atoms with Gasteiger partial charge in [-0.1, -0.05) is 54.2 Å². The summed E-state index contributed by atoms with van der Waals surface area (Å²) in [4.78, 5) is 43.6. The molecule has 22 heteroatoms. The molecule has 1 amide bonds. The van der Waals surface area contributed by atoms with Crippen LogP contribution in [-0.4, -0.2) is 211 Å². The average molecular weight is 1140 g/mol. The first-order valence-corrected chi connectivity index (χ1v) is 29.2. The second kappa shape index (κ2) is 31.0. The Kier molecular flexibility index (Phi) is 25.0. The van der Waals surface area contributed by atoms with E-state index in [2.05, 4.69) is 70.9 Å². The second-order valence-corrected chi connectivity index (χ2v) is 22.9. The summed E-state index contributed by atoms with van der Waals surface area (Å²) < 4.78 is 33.0. The van der Waals surface area contributed by atoms with Crippen molar-refractivity contribution in [1.82, 2.24) is 36.8 Å². The van der Waals surface area contributed by atoms with Gasteiger partial charge >= 0.3 is 5.97 Å². The van der Waals surface area contributed by atoms with Crippen LogP contribution in [0.2, 0.25) is 0 Å². The fourth-order valence-corrected chi connectivity index (χ4v) is 12.0. The molecule has 76 heavy (non-hydrogen) atoms. The molecular formula is C54H90BrN7O14. The summed E-state index contributed by atoms with van der Waals surface area (Å²) in [6.45, 7) is 14.0. The van der Waals surface area contributed by atoms with Gasteiger partial charge in [0.15, 0.2) is 18.7 Å². The quantitative estimate of drug-likeness (QED) is 0.0704. The van der Waals surface area contributed by atoms with E-state index in [9.17, 15) is 45.0 Å². The van der Waals surface area contributed by atoms with E-state index in [0.29, 0.717) is 58.3 Å². The number of ether oxygens (including phenoxy) is 5. The molecule has 7 rings (SSSR count). The van der Waals surface area contributed by atoms with E-state index >= 15 is 0 Å². The molecular weight excluding hydrogens is 1050 g/mol. The number of carbonyl (C=O) groups is 3. The van der Waals surface area contributed by atoms with Gasteiger partial charge < -0.3 is 86.2 Å². The Morgan fingerprint density at radius 3 is 2.24 bits per heavy atom. The van der Waals surface area contributed by atoms with Gasteiger partial charge in [0.2, 0.25) is 5.91 Å². The Morgan fingerprint density at radius 1 is 0.816 bits per heavy atom. The molecule has 6 aliphatic rings. The summed E-state index contributed by atoms with van der Waals surface area (Å²) in [5.74, 6) is -2.70. The summed E-state index contributed by atoms with van der Waals surface area (Å²) in [6.07, 6.45) is -8.79. The van der Waals surface area contributed by atoms with Gasteiger partial charge in [-0.05, 0) is 133 Å². The van der Waals surface area contributed by atoms with Gasteiger partial charge in [-0.15, -0.1) is 0 Å². The summed E-state index contributed by atoms with van der Waals surface area (Å²) in [6, 6.07) is 5.22. The van der Waals surface area contributed by atoms with Crippen LogP contribution in [0.25, 0.3) is 0 Å². The van der Waals surface area contributed by atoms with Crippen molar-refractivity contribution in [2.45, 2.75) is 184 Å². The van der Waals surface area contributed by atoms with Crippen molar-refractivity contribution in [1.29, 1.82) is 0 Å². The Morgan fingerprint density at radius 2 is 1.54 bits per heavy atom. The minimum absolute atomic E-state index is 0.0193. The van der Waals surface area contributed by atoms with Crippen LogP contribution in [0.1, 0.15) is 102 Å². The van der Waals surface area contributed by atoms with Crippen LogP contribution in [0.4, 0.5) is 0 Å². The number of aliphatic hydroxyl groups is 5. The molecule has 15 atom stereocenters. The lowest BCUT2D eigenvalue weighted by Crippen LogP contribution is -2.68. The number of rotatable bonds is 22. The molecule has 4 heterocycles. The molecule has 1 aromatic rings. The molecule has 21 nitrogen and oxygen atoms in total. The highest BCUT2D eigenvalue weighted by molar-refractivity contribution is 9.10. The van der Waals surface area contributed by atoms with Crippen molar-refractivity contribution in [2.75, 3.05) is 78.6 Å². The number of carboxylic acids is 1. The van der Waals surface area contributed by atoms with Gasteiger partial charge in [0.25, 0.3) is 0 Å². The van der Waals surface area contributed by atoms with Crippen molar-refractivity contribution < 1.29 is 68.7 Å². The molecule has 6 fully saturated rings. The number of hydrogen-bond acceptors (Lipinski definition) is 19. The summed E-state index contributed by atoms with van der Waals surface area (Å²) in [5.41, 5.74) is 2.35. The van der Waals surface area contributed by atoms with Crippen LogP contribution >= 0.6 is 15.9 Å². The van der Waals surface area contributed by atoms with E-state index in [0.717, 1.165) is 94.6 Å². The topological polar surface area (TPSA) is 294 Å². The number of piperidine rings is 1. The largest absolute Gasteiger partial charge is 0.479 e. The smallest absolute Gasteiger partial charge is 0.332 e. The first kappa shape index (κ1) is 61.3. The van der Waals surface area contributed by atoms with E-state index < -0.39 is 104 Å². The Bertz CT molecular complexity index is 1930. The lowest BCUT2D eigenvalue weighted by atomic mass is 9.74. The zero-order valence-corrected chi connectivity index (χ0v) is 46.3. The summed E-state index contributed by atoms with van der Waals surface area (Å²) in [7, 11) is 0. The number of aliphatic carboxylic acids is 1. The number of carboxylic acid groups (broad SMARTS) is 1. The van der Waals surface area contributed by atoms with E-state index in [1.807, 2.05) is 6.92 Å². The van der Waals surface area contributed by atoms with Crippen molar-refractivity contribution >= 4 is 33.6 Å². The SMILES string of the molecule is CCC1CC(C(=O)CCCNCc2ccc(CN3CCCNCCNCCCNCC3)c(Br)c2)CC(OC2OC(CO)C(O)C(O[C@@H](CC3CC3)C(=O)O)C2NC(=O)C2CCNCC2)C1OC1OC(C)C(O)C(O)C1O. The fourth-order valence-electron chi connectivity index (χ4n) is 11.4. The van der Waals surface area contributed by atoms with Gasteiger partial charge in [-0.25, -0.2) is 4.79 Å². The monoisotopic (exact) mass is 1140 g/mol. The molecule has 14 unspecified atom stereocenters. The minimum atomic E-state index is -1.63. The molecule has 0 bridgehead atoms. The molecule has 12 N–H and O–H groups in total. The first-order chi connectivity index (χ1) is 36.7. The number of Topliss-reactive ketones (excluding diaryl/α,β-unsaturated/α-hetero) is 1. The maximum absolute atomic E-state index is 14.3. The van der Waals surface area contributed by atoms with Crippen molar-refractivity contribution in [3.63, 3.8) is 0 Å². The van der Waals surface area contributed by atoms with Crippen LogP contribution < -0.4 is 31.9 Å². The predicted octanol–water partition coefficient (Wildman–Crippen LogP) is 0.488. The number of nitrogens with one attached hydrogen (secondary N) is 6. The summed E-state index contributed by atoms with van der Waals surface area (Å²) >= 11 is 3.85. The van der Waals surface area contributed by atoms with Crippen LogP contribution in [0.15, 0.2) is 22.7 Å². The molecule has 0 radical (unpaired) electrons. The minimum Gasteiger partial charge on any atom is -0.479 e. The maximum atomic E-state index is 14.3. The van der Waals surface area contributed by atoms with E-state index in [1.165, 1.54) is 5.56 Å². The summed E-state index contributed by atoms with van der Waals surface area (Å²) in [5, 5.41) is 85.4. The highest BCUT2D eigenvalue weighted by Gasteiger charge is 2.53. The van der Waals surface area contributed by atoms with Crippen LogP contribution in [0.5, 0.6) is 0 Å². The van der Waals surface area contributed by atoms with Crippen molar-refractivity contribution in [3.8, 4) is 0 Å². The lowest BCUT2D eigenvalue weighted by molar-refractivity contribution is -0.338. The van der Waals surface area contributed by atoms with E-state index in [1.54, 1.807) is 6.92 Å². The first-order valence-electron chi connectivity index (χ1n) is 28.4. The zero-order chi connectivity index (χ0) is 54.1. The number of carbonyl (C=O) groups excluding carboxylic acids is 2. The second-order valence-electron chi connectivity index (χ2n) is 22.1.